The van der Waals surface area contributed by atoms with Gasteiger partial charge in [-0.3, -0.25) is 0 Å². The lowest BCUT2D eigenvalue weighted by atomic mass is 10.2. The first-order chi connectivity index (χ1) is 11.1. The maximum Gasteiger partial charge on any atom is 0.339 e. The molecule has 0 spiro atoms. The lowest BCUT2D eigenvalue weighted by molar-refractivity contribution is 0.0437. The highest BCUT2D eigenvalue weighted by Gasteiger charge is 2.14. The molecule has 0 saturated heterocycles. The summed E-state index contributed by atoms with van der Waals surface area (Å²) in [5, 5.41) is 7.86. The van der Waals surface area contributed by atoms with E-state index in [2.05, 4.69) is 48.7 Å². The third kappa shape index (κ3) is 3.97. The van der Waals surface area contributed by atoms with Crippen LogP contribution in [-0.4, -0.2) is 16.2 Å². The van der Waals surface area contributed by atoms with Gasteiger partial charge in [-0.25, -0.2) is 4.79 Å². The van der Waals surface area contributed by atoms with Gasteiger partial charge in [-0.15, -0.1) is 10.2 Å². The van der Waals surface area contributed by atoms with Crippen LogP contribution in [0.4, 0.5) is 0 Å². The minimum absolute atomic E-state index is 0.0622. The zero-order valence-corrected chi connectivity index (χ0v) is 15.4. The van der Waals surface area contributed by atoms with Crippen molar-refractivity contribution >= 4 is 44.5 Å². The molecule has 0 aliphatic carbocycles. The van der Waals surface area contributed by atoms with E-state index in [0.717, 1.165) is 13.6 Å². The summed E-state index contributed by atoms with van der Waals surface area (Å²) in [6.07, 6.45) is 0. The predicted octanol–water partition coefficient (Wildman–Crippen LogP) is 4.46. The van der Waals surface area contributed by atoms with Crippen LogP contribution in [0.1, 0.15) is 16.2 Å². The molecule has 3 aromatic rings. The molecule has 0 N–H and O–H groups in total. The molecule has 0 unspecified atom stereocenters. The monoisotopic (exact) mass is 484 g/mol. The lowest BCUT2D eigenvalue weighted by Crippen LogP contribution is -2.07. The van der Waals surface area contributed by atoms with E-state index in [9.17, 15) is 4.79 Å². The van der Waals surface area contributed by atoms with Crippen LogP contribution in [0.3, 0.4) is 0 Å². The molecule has 0 aliphatic rings. The zero-order chi connectivity index (χ0) is 16.2. The second-order valence-corrected chi connectivity index (χ2v) is 6.64. The topological polar surface area (TPSA) is 65.2 Å². The highest BCUT2D eigenvalue weighted by atomic mass is 127. The number of nitrogens with zero attached hydrogens (tertiary/aromatic N) is 2. The molecule has 0 saturated carbocycles. The number of aromatic nitrogens is 2. The molecule has 5 nitrogen and oxygen atoms in total. The van der Waals surface area contributed by atoms with Crippen molar-refractivity contribution in [3.63, 3.8) is 0 Å². The molecule has 0 radical (unpaired) electrons. The number of carbonyl (C=O) groups is 1. The Morgan fingerprint density at radius 1 is 1.13 bits per heavy atom. The van der Waals surface area contributed by atoms with Crippen LogP contribution in [0.5, 0.6) is 0 Å². The Bertz CT molecular complexity index is 833. The Morgan fingerprint density at radius 3 is 2.61 bits per heavy atom. The normalized spacial score (nSPS) is 10.5. The van der Waals surface area contributed by atoms with Crippen LogP contribution in [0.15, 0.2) is 57.4 Å². The van der Waals surface area contributed by atoms with Gasteiger partial charge in [0.2, 0.25) is 5.89 Å². The van der Waals surface area contributed by atoms with Gasteiger partial charge in [0.15, 0.2) is 6.61 Å². The van der Waals surface area contributed by atoms with Crippen molar-refractivity contribution in [3.8, 4) is 11.5 Å². The molecule has 0 fully saturated rings. The number of benzene rings is 2. The molecule has 1 heterocycles. The first kappa shape index (κ1) is 16.1. The van der Waals surface area contributed by atoms with Gasteiger partial charge in [0.05, 0.1) is 5.56 Å². The third-order valence-corrected chi connectivity index (χ3v) is 4.45. The Kier molecular flexibility index (Phi) is 5.06. The summed E-state index contributed by atoms with van der Waals surface area (Å²) >= 11 is 5.46. The molecular formula is C16H10BrIN2O3. The average molecular weight is 485 g/mol. The molecule has 23 heavy (non-hydrogen) atoms. The number of hydrogen-bond acceptors (Lipinski definition) is 5. The quantitative estimate of drug-likeness (QED) is 0.404. The number of rotatable bonds is 4. The summed E-state index contributed by atoms with van der Waals surface area (Å²) in [5.41, 5.74) is 1.32. The minimum atomic E-state index is -0.418. The van der Waals surface area contributed by atoms with Crippen molar-refractivity contribution in [1.82, 2.24) is 10.2 Å². The molecule has 0 aliphatic heterocycles. The predicted molar refractivity (Wildman–Crippen MR) is 95.7 cm³/mol. The fourth-order valence-electron chi connectivity index (χ4n) is 1.85. The van der Waals surface area contributed by atoms with Gasteiger partial charge in [-0.1, -0.05) is 28.1 Å². The minimum Gasteiger partial charge on any atom is -0.452 e. The fraction of sp³-hybridized carbons (Fsp3) is 0.0625. The third-order valence-electron chi connectivity index (χ3n) is 2.98. The Hall–Kier alpha value is -1.74. The first-order valence-corrected chi connectivity index (χ1v) is 8.50. The van der Waals surface area contributed by atoms with E-state index in [1.165, 1.54) is 0 Å². The molecule has 1 aromatic heterocycles. The van der Waals surface area contributed by atoms with E-state index < -0.39 is 5.97 Å². The molecule has 0 bridgehead atoms. The Balaban J connectivity index is 1.67. The summed E-state index contributed by atoms with van der Waals surface area (Å²) in [6.45, 7) is -0.0622. The molecule has 7 heteroatoms. The summed E-state index contributed by atoms with van der Waals surface area (Å²) in [5.74, 6) is 0.221. The van der Waals surface area contributed by atoms with Gasteiger partial charge < -0.3 is 9.15 Å². The standard InChI is InChI=1S/C16H10BrIN2O3/c17-11-7-5-10(6-8-11)15-20-19-14(23-15)9-22-16(21)12-3-1-2-4-13(12)18/h1-8H,9H2. The maximum absolute atomic E-state index is 12.0. The van der Waals surface area contributed by atoms with E-state index in [0.29, 0.717) is 11.5 Å². The summed E-state index contributed by atoms with van der Waals surface area (Å²) < 4.78 is 12.5. The second kappa shape index (κ2) is 7.22. The van der Waals surface area contributed by atoms with Gasteiger partial charge >= 0.3 is 5.97 Å². The second-order valence-electron chi connectivity index (χ2n) is 4.56. The van der Waals surface area contributed by atoms with Crippen molar-refractivity contribution < 1.29 is 13.9 Å². The van der Waals surface area contributed by atoms with Gasteiger partial charge in [0, 0.05) is 13.6 Å². The van der Waals surface area contributed by atoms with Crippen LogP contribution in [0.2, 0.25) is 0 Å². The lowest BCUT2D eigenvalue weighted by Gasteiger charge is -2.03. The van der Waals surface area contributed by atoms with Gasteiger partial charge in [-0.05, 0) is 59.0 Å². The summed E-state index contributed by atoms with van der Waals surface area (Å²) in [4.78, 5) is 12.0. The van der Waals surface area contributed by atoms with E-state index in [1.807, 2.05) is 36.4 Å². The SMILES string of the molecule is O=C(OCc1nnc(-c2ccc(Br)cc2)o1)c1ccccc1I. The zero-order valence-electron chi connectivity index (χ0n) is 11.7. The highest BCUT2D eigenvalue weighted by molar-refractivity contribution is 14.1. The average Bonchev–Trinajstić information content (AvgIpc) is 3.03. The maximum atomic E-state index is 12.0. The van der Waals surface area contributed by atoms with Crippen molar-refractivity contribution in [3.05, 3.63) is 68.0 Å². The molecule has 2 aromatic carbocycles. The van der Waals surface area contributed by atoms with Gasteiger partial charge in [0.25, 0.3) is 5.89 Å². The molecule has 116 valence electrons. The Morgan fingerprint density at radius 2 is 1.87 bits per heavy atom. The molecule has 3 rings (SSSR count). The number of esters is 1. The fourth-order valence-corrected chi connectivity index (χ4v) is 2.72. The van der Waals surface area contributed by atoms with Crippen molar-refractivity contribution in [2.75, 3.05) is 0 Å². The smallest absolute Gasteiger partial charge is 0.339 e. The van der Waals surface area contributed by atoms with Crippen LogP contribution < -0.4 is 0 Å². The van der Waals surface area contributed by atoms with Gasteiger partial charge in [-0.2, -0.15) is 0 Å². The molecular weight excluding hydrogens is 475 g/mol. The Labute approximate surface area is 154 Å². The van der Waals surface area contributed by atoms with Crippen LogP contribution >= 0.6 is 38.5 Å². The highest BCUT2D eigenvalue weighted by Crippen LogP contribution is 2.21. The van der Waals surface area contributed by atoms with Gasteiger partial charge in [0.1, 0.15) is 0 Å². The summed E-state index contributed by atoms with van der Waals surface area (Å²) in [7, 11) is 0. The van der Waals surface area contributed by atoms with E-state index in [1.54, 1.807) is 12.1 Å². The van der Waals surface area contributed by atoms with E-state index >= 15 is 0 Å². The number of hydrogen-bond donors (Lipinski definition) is 0. The van der Waals surface area contributed by atoms with E-state index in [4.69, 9.17) is 9.15 Å². The van der Waals surface area contributed by atoms with Crippen LogP contribution in [0, 0.1) is 3.57 Å². The van der Waals surface area contributed by atoms with E-state index in [-0.39, 0.29) is 12.5 Å². The first-order valence-electron chi connectivity index (χ1n) is 6.63. The van der Waals surface area contributed by atoms with Crippen LogP contribution in [-0.2, 0) is 11.3 Å². The van der Waals surface area contributed by atoms with Crippen molar-refractivity contribution in [2.24, 2.45) is 0 Å². The molecule has 0 atom stereocenters. The van der Waals surface area contributed by atoms with Crippen molar-refractivity contribution in [1.29, 1.82) is 0 Å². The largest absolute Gasteiger partial charge is 0.452 e. The van der Waals surface area contributed by atoms with Crippen molar-refractivity contribution in [2.45, 2.75) is 6.61 Å². The number of halogens is 2. The van der Waals surface area contributed by atoms with Crippen LogP contribution in [0.25, 0.3) is 11.5 Å². The number of ether oxygens (including phenoxy) is 1. The molecule has 0 amide bonds. The summed E-state index contributed by atoms with van der Waals surface area (Å²) in [6, 6.07) is 14.7. The number of carbonyl (C=O) groups excluding carboxylic acids is 1.